The van der Waals surface area contributed by atoms with E-state index in [2.05, 4.69) is 5.32 Å². The van der Waals surface area contributed by atoms with Gasteiger partial charge in [0.25, 0.3) is 0 Å². The number of piperidine rings is 3. The average Bonchev–Trinajstić information content (AvgIpc) is 2.77. The Morgan fingerprint density at radius 2 is 1.97 bits per heavy atom. The Bertz CT molecular complexity index is 734. The lowest BCUT2D eigenvalue weighted by atomic mass is 9.69. The number of aliphatic hydroxyl groups excluding tert-OH is 1. The van der Waals surface area contributed by atoms with E-state index in [0.29, 0.717) is 19.5 Å². The molecule has 6 nitrogen and oxygen atoms in total. The predicted molar refractivity (Wildman–Crippen MR) is 111 cm³/mol. The molecule has 1 aromatic rings. The molecule has 1 aromatic carbocycles. The van der Waals surface area contributed by atoms with Crippen molar-refractivity contribution in [2.75, 3.05) is 32.7 Å². The van der Waals surface area contributed by atoms with Crippen LogP contribution in [0.5, 0.6) is 0 Å². The summed E-state index contributed by atoms with van der Waals surface area (Å²) in [6.07, 6.45) is 3.12. The summed E-state index contributed by atoms with van der Waals surface area (Å²) in [5.41, 5.74) is 0.324. The van der Waals surface area contributed by atoms with Crippen molar-refractivity contribution in [1.29, 1.82) is 0 Å². The van der Waals surface area contributed by atoms with Crippen molar-refractivity contribution in [2.45, 2.75) is 51.2 Å². The first kappa shape index (κ1) is 20.4. The molecule has 2 amide bonds. The number of rotatable bonds is 3. The minimum atomic E-state index is -0.651. The van der Waals surface area contributed by atoms with Crippen LogP contribution < -0.4 is 5.32 Å². The lowest BCUT2D eigenvalue weighted by molar-refractivity contribution is -0.167. The quantitative estimate of drug-likeness (QED) is 0.815. The van der Waals surface area contributed by atoms with Gasteiger partial charge in [0.05, 0.1) is 17.6 Å². The van der Waals surface area contributed by atoms with E-state index in [9.17, 15) is 14.7 Å². The molecule has 29 heavy (non-hydrogen) atoms. The number of hydrogen-bond donors (Lipinski definition) is 2. The number of benzene rings is 1. The van der Waals surface area contributed by atoms with Crippen LogP contribution in [0.4, 0.5) is 0 Å². The van der Waals surface area contributed by atoms with Crippen molar-refractivity contribution < 1.29 is 14.7 Å². The van der Waals surface area contributed by atoms with Crippen molar-refractivity contribution >= 4 is 11.8 Å². The maximum absolute atomic E-state index is 13.7. The lowest BCUT2D eigenvalue weighted by Gasteiger charge is -2.52. The normalized spacial score (nSPS) is 31.3. The zero-order chi connectivity index (χ0) is 20.4. The van der Waals surface area contributed by atoms with Gasteiger partial charge in [-0.1, -0.05) is 30.3 Å². The van der Waals surface area contributed by atoms with Gasteiger partial charge >= 0.3 is 0 Å². The minimum absolute atomic E-state index is 0.0642. The molecule has 3 heterocycles. The van der Waals surface area contributed by atoms with Crippen LogP contribution in [0.15, 0.2) is 30.3 Å². The fourth-order valence-corrected chi connectivity index (χ4v) is 5.62. The van der Waals surface area contributed by atoms with Gasteiger partial charge in [-0.3, -0.25) is 9.59 Å². The maximum atomic E-state index is 13.7. The number of hydrogen-bond acceptors (Lipinski definition) is 4. The number of likely N-dealkylation sites (N-methyl/N-ethyl adjacent to an activating group) is 1. The molecule has 0 bridgehead atoms. The standard InChI is InChI=1S/C23H33N3O3/c1-2-26-20(17-7-4-3-5-8-17)19(27)15-23(22(26)29)11-6-14-25(16-23)21(28)18-9-12-24-13-10-18/h3-5,7-8,18-20,24,27H,2,6,9-16H2,1H3/t19-,20+,23-/m1/s1. The van der Waals surface area contributed by atoms with E-state index in [1.54, 1.807) is 0 Å². The lowest BCUT2D eigenvalue weighted by Crippen LogP contribution is -2.61. The number of carbonyl (C=O) groups is 2. The average molecular weight is 400 g/mol. The molecule has 3 aliphatic rings. The molecule has 4 rings (SSSR count). The zero-order valence-electron chi connectivity index (χ0n) is 17.3. The van der Waals surface area contributed by atoms with Crippen LogP contribution in [0, 0.1) is 11.3 Å². The summed E-state index contributed by atoms with van der Waals surface area (Å²) in [5.74, 6) is 0.359. The summed E-state index contributed by atoms with van der Waals surface area (Å²) < 4.78 is 0. The SMILES string of the molecule is CCN1C(=O)[C@]2(CCCN(C(=O)C3CCNCC3)C2)C[C@@H](O)[C@@H]1c1ccccc1. The fraction of sp³-hybridized carbons (Fsp3) is 0.652. The number of aliphatic hydroxyl groups is 1. The highest BCUT2D eigenvalue weighted by Crippen LogP contribution is 2.46. The highest BCUT2D eigenvalue weighted by atomic mass is 16.3. The molecule has 0 saturated carbocycles. The van der Waals surface area contributed by atoms with E-state index >= 15 is 0 Å². The van der Waals surface area contributed by atoms with E-state index in [1.807, 2.05) is 47.1 Å². The van der Waals surface area contributed by atoms with Gasteiger partial charge in [0.2, 0.25) is 11.8 Å². The molecule has 2 N–H and O–H groups in total. The third kappa shape index (κ3) is 3.80. The Labute approximate surface area is 173 Å². The maximum Gasteiger partial charge on any atom is 0.231 e. The molecular formula is C23H33N3O3. The summed E-state index contributed by atoms with van der Waals surface area (Å²) in [4.78, 5) is 30.5. The summed E-state index contributed by atoms with van der Waals surface area (Å²) in [6.45, 7) is 5.47. The molecule has 0 radical (unpaired) electrons. The first-order chi connectivity index (χ1) is 14.1. The van der Waals surface area contributed by atoms with Gasteiger partial charge in [0.1, 0.15) is 0 Å². The fourth-order valence-electron chi connectivity index (χ4n) is 5.62. The molecule has 3 saturated heterocycles. The van der Waals surface area contributed by atoms with E-state index in [0.717, 1.165) is 50.9 Å². The van der Waals surface area contributed by atoms with Crippen molar-refractivity contribution in [3.05, 3.63) is 35.9 Å². The summed E-state index contributed by atoms with van der Waals surface area (Å²) in [6, 6.07) is 9.50. The number of likely N-dealkylation sites (tertiary alicyclic amines) is 2. The van der Waals surface area contributed by atoms with Gasteiger partial charge in [0, 0.05) is 25.6 Å². The van der Waals surface area contributed by atoms with Crippen LogP contribution in [-0.4, -0.2) is 65.5 Å². The van der Waals surface area contributed by atoms with Gasteiger partial charge in [-0.05, 0) is 57.7 Å². The van der Waals surface area contributed by atoms with Gasteiger partial charge in [0.15, 0.2) is 0 Å². The molecule has 0 aromatic heterocycles. The number of nitrogens with zero attached hydrogens (tertiary/aromatic N) is 2. The smallest absolute Gasteiger partial charge is 0.231 e. The topological polar surface area (TPSA) is 72.9 Å². The van der Waals surface area contributed by atoms with Gasteiger partial charge in [-0.15, -0.1) is 0 Å². The van der Waals surface area contributed by atoms with Crippen LogP contribution in [0.1, 0.15) is 50.6 Å². The molecule has 3 aliphatic heterocycles. The van der Waals surface area contributed by atoms with Crippen LogP contribution in [0.3, 0.4) is 0 Å². The summed E-state index contributed by atoms with van der Waals surface area (Å²) in [7, 11) is 0. The Balaban J connectivity index is 1.55. The van der Waals surface area contributed by atoms with Gasteiger partial charge < -0.3 is 20.2 Å². The molecular weight excluding hydrogens is 366 g/mol. The van der Waals surface area contributed by atoms with E-state index < -0.39 is 11.5 Å². The molecule has 0 aliphatic carbocycles. The second kappa shape index (κ2) is 8.44. The molecule has 3 atom stereocenters. The Kier molecular flexibility index (Phi) is 5.93. The van der Waals surface area contributed by atoms with Crippen molar-refractivity contribution in [1.82, 2.24) is 15.1 Å². The van der Waals surface area contributed by atoms with Crippen LogP contribution in [0.2, 0.25) is 0 Å². The van der Waals surface area contributed by atoms with Crippen molar-refractivity contribution in [3.8, 4) is 0 Å². The zero-order valence-corrected chi connectivity index (χ0v) is 17.3. The number of carbonyl (C=O) groups excluding carboxylic acids is 2. The Hall–Kier alpha value is -1.92. The highest BCUT2D eigenvalue weighted by Gasteiger charge is 2.53. The number of nitrogens with one attached hydrogen (secondary N) is 1. The molecule has 158 valence electrons. The van der Waals surface area contributed by atoms with E-state index in [4.69, 9.17) is 0 Å². The first-order valence-electron chi connectivity index (χ1n) is 11.1. The van der Waals surface area contributed by atoms with Crippen LogP contribution >= 0.6 is 0 Å². The highest BCUT2D eigenvalue weighted by molar-refractivity contribution is 5.86. The van der Waals surface area contributed by atoms with E-state index in [-0.39, 0.29) is 23.8 Å². The molecule has 0 unspecified atom stereocenters. The molecule has 3 fully saturated rings. The summed E-state index contributed by atoms with van der Waals surface area (Å²) >= 11 is 0. The third-order valence-corrected chi connectivity index (χ3v) is 7.07. The van der Waals surface area contributed by atoms with Crippen molar-refractivity contribution in [2.24, 2.45) is 11.3 Å². The first-order valence-corrected chi connectivity index (χ1v) is 11.1. The Morgan fingerprint density at radius 1 is 1.24 bits per heavy atom. The second-order valence-corrected chi connectivity index (χ2v) is 8.89. The Morgan fingerprint density at radius 3 is 2.66 bits per heavy atom. The third-order valence-electron chi connectivity index (χ3n) is 7.07. The van der Waals surface area contributed by atoms with E-state index in [1.165, 1.54) is 0 Å². The van der Waals surface area contributed by atoms with Crippen LogP contribution in [0.25, 0.3) is 0 Å². The molecule has 1 spiro atoms. The van der Waals surface area contributed by atoms with Gasteiger partial charge in [-0.25, -0.2) is 0 Å². The summed E-state index contributed by atoms with van der Waals surface area (Å²) in [5, 5.41) is 14.4. The van der Waals surface area contributed by atoms with Gasteiger partial charge in [-0.2, -0.15) is 0 Å². The second-order valence-electron chi connectivity index (χ2n) is 8.89. The van der Waals surface area contributed by atoms with Crippen molar-refractivity contribution in [3.63, 3.8) is 0 Å². The van der Waals surface area contributed by atoms with Crippen LogP contribution in [-0.2, 0) is 9.59 Å². The largest absolute Gasteiger partial charge is 0.391 e. The molecule has 6 heteroatoms. The number of amides is 2. The predicted octanol–water partition coefficient (Wildman–Crippen LogP) is 1.95. The minimum Gasteiger partial charge on any atom is -0.391 e. The monoisotopic (exact) mass is 399 g/mol.